The first kappa shape index (κ1) is 14.6. The Labute approximate surface area is 139 Å². The highest BCUT2D eigenvalue weighted by Gasteiger charge is 2.14. The summed E-state index contributed by atoms with van der Waals surface area (Å²) in [6.45, 7) is 0. The molecule has 106 valence electrons. The maximum absolute atomic E-state index is 12.2. The number of aromatic nitrogens is 1. The molecule has 0 bridgehead atoms. The van der Waals surface area contributed by atoms with Crippen molar-refractivity contribution in [3.05, 3.63) is 57.0 Å². The van der Waals surface area contributed by atoms with Crippen LogP contribution in [0.4, 0.5) is 5.13 Å². The third kappa shape index (κ3) is 2.85. The topological polar surface area (TPSA) is 42.0 Å². The molecular formula is C14H7Cl3N2OS. The summed E-state index contributed by atoms with van der Waals surface area (Å²) in [6.07, 6.45) is 0. The van der Waals surface area contributed by atoms with E-state index in [0.29, 0.717) is 31.3 Å². The van der Waals surface area contributed by atoms with Crippen LogP contribution < -0.4 is 5.32 Å². The number of nitrogens with one attached hydrogen (secondary N) is 1. The Hall–Kier alpha value is -1.33. The van der Waals surface area contributed by atoms with Gasteiger partial charge in [0.2, 0.25) is 0 Å². The second kappa shape index (κ2) is 5.81. The van der Waals surface area contributed by atoms with E-state index >= 15 is 0 Å². The van der Waals surface area contributed by atoms with Crippen molar-refractivity contribution in [2.45, 2.75) is 0 Å². The van der Waals surface area contributed by atoms with Crippen molar-refractivity contribution in [1.82, 2.24) is 4.98 Å². The van der Waals surface area contributed by atoms with Crippen LogP contribution in [0, 0.1) is 0 Å². The van der Waals surface area contributed by atoms with Gasteiger partial charge in [-0.2, -0.15) is 0 Å². The van der Waals surface area contributed by atoms with E-state index in [2.05, 4.69) is 10.3 Å². The van der Waals surface area contributed by atoms with Gasteiger partial charge in [-0.3, -0.25) is 10.1 Å². The minimum Gasteiger partial charge on any atom is -0.298 e. The van der Waals surface area contributed by atoms with Crippen molar-refractivity contribution in [3.8, 4) is 0 Å². The van der Waals surface area contributed by atoms with Gasteiger partial charge in [0.15, 0.2) is 5.13 Å². The second-order valence-corrected chi connectivity index (χ2v) is 6.38. The van der Waals surface area contributed by atoms with E-state index in [0.717, 1.165) is 4.70 Å². The molecule has 0 aliphatic heterocycles. The lowest BCUT2D eigenvalue weighted by Crippen LogP contribution is -2.12. The molecule has 0 aliphatic carbocycles. The number of anilines is 1. The molecule has 0 radical (unpaired) electrons. The molecular weight excluding hydrogens is 351 g/mol. The minimum absolute atomic E-state index is 0.318. The Morgan fingerprint density at radius 2 is 1.81 bits per heavy atom. The van der Waals surface area contributed by atoms with Crippen LogP contribution >= 0.6 is 46.1 Å². The van der Waals surface area contributed by atoms with Gasteiger partial charge < -0.3 is 0 Å². The van der Waals surface area contributed by atoms with Crippen LogP contribution in [0.1, 0.15) is 10.4 Å². The Kier molecular flexibility index (Phi) is 4.04. The molecule has 0 fully saturated rings. The molecule has 0 saturated carbocycles. The van der Waals surface area contributed by atoms with Gasteiger partial charge >= 0.3 is 0 Å². The third-order valence-corrected chi connectivity index (χ3v) is 4.85. The summed E-state index contributed by atoms with van der Waals surface area (Å²) in [7, 11) is 0. The van der Waals surface area contributed by atoms with Crippen LogP contribution in [-0.2, 0) is 0 Å². The summed E-state index contributed by atoms with van der Waals surface area (Å²) in [6, 6.07) is 10.3. The molecule has 1 amide bonds. The summed E-state index contributed by atoms with van der Waals surface area (Å²) < 4.78 is 0.846. The molecule has 0 atom stereocenters. The van der Waals surface area contributed by atoms with E-state index < -0.39 is 0 Å². The summed E-state index contributed by atoms with van der Waals surface area (Å²) in [4.78, 5) is 16.5. The van der Waals surface area contributed by atoms with Crippen molar-refractivity contribution in [1.29, 1.82) is 0 Å². The maximum atomic E-state index is 12.2. The first-order valence-corrected chi connectivity index (χ1v) is 7.81. The zero-order valence-corrected chi connectivity index (χ0v) is 13.4. The van der Waals surface area contributed by atoms with Crippen LogP contribution in [0.15, 0.2) is 36.4 Å². The van der Waals surface area contributed by atoms with Gasteiger partial charge in [-0.1, -0.05) is 58.3 Å². The average Bonchev–Trinajstić information content (AvgIpc) is 2.87. The molecule has 0 aliphatic rings. The van der Waals surface area contributed by atoms with Gasteiger partial charge in [0.25, 0.3) is 5.91 Å². The Balaban J connectivity index is 1.94. The van der Waals surface area contributed by atoms with Crippen LogP contribution in [0.25, 0.3) is 10.2 Å². The number of rotatable bonds is 2. The zero-order valence-electron chi connectivity index (χ0n) is 10.4. The number of benzene rings is 2. The Morgan fingerprint density at radius 1 is 1.05 bits per heavy atom. The summed E-state index contributed by atoms with van der Waals surface area (Å²) >= 11 is 19.4. The number of nitrogens with zero attached hydrogens (tertiary/aromatic N) is 1. The summed E-state index contributed by atoms with van der Waals surface area (Å²) in [5.74, 6) is -0.318. The molecule has 21 heavy (non-hydrogen) atoms. The monoisotopic (exact) mass is 356 g/mol. The molecule has 2 aromatic carbocycles. The highest BCUT2D eigenvalue weighted by molar-refractivity contribution is 7.22. The van der Waals surface area contributed by atoms with Crippen molar-refractivity contribution in [3.63, 3.8) is 0 Å². The van der Waals surface area contributed by atoms with Crippen molar-refractivity contribution >= 4 is 67.4 Å². The van der Waals surface area contributed by atoms with E-state index in [9.17, 15) is 4.79 Å². The number of hydrogen-bond acceptors (Lipinski definition) is 3. The van der Waals surface area contributed by atoms with Crippen LogP contribution in [0.5, 0.6) is 0 Å². The maximum Gasteiger partial charge on any atom is 0.258 e. The van der Waals surface area contributed by atoms with Gasteiger partial charge in [-0.25, -0.2) is 4.98 Å². The molecule has 0 spiro atoms. The van der Waals surface area contributed by atoms with Crippen molar-refractivity contribution < 1.29 is 4.79 Å². The summed E-state index contributed by atoms with van der Waals surface area (Å²) in [5.41, 5.74) is 0.964. The quantitative estimate of drug-likeness (QED) is 0.657. The number of thiazole rings is 1. The fourth-order valence-corrected chi connectivity index (χ4v) is 3.31. The number of halogens is 3. The molecule has 1 N–H and O–H groups in total. The van der Waals surface area contributed by atoms with Gasteiger partial charge in [-0.05, 0) is 24.3 Å². The van der Waals surface area contributed by atoms with E-state index in [1.54, 1.807) is 30.3 Å². The van der Waals surface area contributed by atoms with Crippen LogP contribution in [-0.4, -0.2) is 10.9 Å². The van der Waals surface area contributed by atoms with Crippen molar-refractivity contribution in [2.75, 3.05) is 5.32 Å². The highest BCUT2D eigenvalue weighted by atomic mass is 35.5. The van der Waals surface area contributed by atoms with Crippen LogP contribution in [0.2, 0.25) is 15.1 Å². The van der Waals surface area contributed by atoms with E-state index in [-0.39, 0.29) is 5.91 Å². The lowest BCUT2D eigenvalue weighted by atomic mass is 10.2. The zero-order chi connectivity index (χ0) is 15.0. The number of hydrogen-bond donors (Lipinski definition) is 1. The van der Waals surface area contributed by atoms with E-state index in [4.69, 9.17) is 34.8 Å². The van der Waals surface area contributed by atoms with Gasteiger partial charge in [0, 0.05) is 0 Å². The standard InChI is InChI=1S/C14H7Cl3N2OS/c15-8-4-2-1-3-7(8)13(20)19-14-18-12-10(21-14)6-5-9(16)11(12)17/h1-6H,(H,18,19,20). The molecule has 3 aromatic rings. The Morgan fingerprint density at radius 3 is 2.57 bits per heavy atom. The number of carbonyl (C=O) groups excluding carboxylic acids is 1. The molecule has 0 unspecified atom stereocenters. The highest BCUT2D eigenvalue weighted by Crippen LogP contribution is 2.35. The van der Waals surface area contributed by atoms with Crippen LogP contribution in [0.3, 0.4) is 0 Å². The van der Waals surface area contributed by atoms with E-state index in [1.807, 2.05) is 6.07 Å². The molecule has 1 aromatic heterocycles. The largest absolute Gasteiger partial charge is 0.298 e. The fraction of sp³-hybridized carbons (Fsp3) is 0. The van der Waals surface area contributed by atoms with Gasteiger partial charge in [-0.15, -0.1) is 0 Å². The number of fused-ring (bicyclic) bond motifs is 1. The van der Waals surface area contributed by atoms with Crippen molar-refractivity contribution in [2.24, 2.45) is 0 Å². The lowest BCUT2D eigenvalue weighted by Gasteiger charge is -2.02. The predicted octanol–water partition coefficient (Wildman–Crippen LogP) is 5.51. The molecule has 7 heteroatoms. The van der Waals surface area contributed by atoms with Gasteiger partial charge in [0.05, 0.1) is 25.3 Å². The lowest BCUT2D eigenvalue weighted by molar-refractivity contribution is 0.102. The SMILES string of the molecule is O=C(Nc1nc2c(Cl)c(Cl)ccc2s1)c1ccccc1Cl. The Bertz CT molecular complexity index is 847. The third-order valence-electron chi connectivity index (χ3n) is 2.79. The molecule has 0 saturated heterocycles. The number of carbonyl (C=O) groups is 1. The van der Waals surface area contributed by atoms with E-state index in [1.165, 1.54) is 11.3 Å². The first-order valence-electron chi connectivity index (χ1n) is 5.86. The fourth-order valence-electron chi connectivity index (χ4n) is 1.80. The predicted molar refractivity (Wildman–Crippen MR) is 89.0 cm³/mol. The average molecular weight is 358 g/mol. The number of amides is 1. The molecule has 1 heterocycles. The van der Waals surface area contributed by atoms with Gasteiger partial charge in [0.1, 0.15) is 5.52 Å². The first-order chi connectivity index (χ1) is 10.1. The normalized spacial score (nSPS) is 10.8. The smallest absolute Gasteiger partial charge is 0.258 e. The summed E-state index contributed by atoms with van der Waals surface area (Å²) in [5, 5.41) is 4.35. The minimum atomic E-state index is -0.318. The second-order valence-electron chi connectivity index (χ2n) is 4.16. The molecule has 3 rings (SSSR count). The molecule has 3 nitrogen and oxygen atoms in total.